The quantitative estimate of drug-likeness (QED) is 0.733. The van der Waals surface area contributed by atoms with E-state index in [2.05, 4.69) is 57.5 Å². The zero-order chi connectivity index (χ0) is 11.8. The Morgan fingerprint density at radius 1 is 1.35 bits per heavy atom. The summed E-state index contributed by atoms with van der Waals surface area (Å²) in [6.45, 7) is 1.68. The molecule has 3 N–H and O–H groups in total. The van der Waals surface area contributed by atoms with E-state index >= 15 is 0 Å². The molecule has 17 heavy (non-hydrogen) atoms. The van der Waals surface area contributed by atoms with E-state index in [1.807, 2.05) is 6.07 Å². The Labute approximate surface area is 114 Å². The lowest BCUT2D eigenvalue weighted by Crippen LogP contribution is -2.26. The van der Waals surface area contributed by atoms with Gasteiger partial charge in [0.1, 0.15) is 5.52 Å². The molecule has 0 radical (unpaired) electrons. The standard InChI is InChI=1S/C10H9Br2N5/c11-5-3-6-9(16-4-15-6)7(12)8(5)17-10-13-1-2-14-10/h3-4H,1-2H2,(H,15,16)(H2,13,14,17). The number of rotatable bonds is 1. The number of nitrogens with one attached hydrogen (secondary N) is 3. The lowest BCUT2D eigenvalue weighted by atomic mass is 10.3. The van der Waals surface area contributed by atoms with E-state index in [4.69, 9.17) is 0 Å². The lowest BCUT2D eigenvalue weighted by Gasteiger charge is -2.11. The zero-order valence-electron chi connectivity index (χ0n) is 8.72. The first-order chi connectivity index (χ1) is 8.25. The van der Waals surface area contributed by atoms with Gasteiger partial charge in [0.2, 0.25) is 0 Å². The molecule has 1 aromatic heterocycles. The van der Waals surface area contributed by atoms with Crippen molar-refractivity contribution in [2.45, 2.75) is 0 Å². The third-order valence-electron chi connectivity index (χ3n) is 2.52. The number of guanidine groups is 1. The molecule has 1 aliphatic heterocycles. The average molecular weight is 359 g/mol. The van der Waals surface area contributed by atoms with E-state index in [1.165, 1.54) is 0 Å². The van der Waals surface area contributed by atoms with Crippen molar-refractivity contribution < 1.29 is 0 Å². The number of aromatic nitrogens is 2. The largest absolute Gasteiger partial charge is 0.354 e. The van der Waals surface area contributed by atoms with Crippen LogP contribution in [0.15, 0.2) is 26.3 Å². The molecule has 0 fully saturated rings. The average Bonchev–Trinajstić information content (AvgIpc) is 2.94. The number of nitrogens with zero attached hydrogens (tertiary/aromatic N) is 2. The molecule has 3 rings (SSSR count). The van der Waals surface area contributed by atoms with E-state index in [1.54, 1.807) is 6.33 Å². The maximum absolute atomic E-state index is 4.31. The highest BCUT2D eigenvalue weighted by Gasteiger charge is 2.14. The van der Waals surface area contributed by atoms with Gasteiger partial charge in [-0.3, -0.25) is 4.99 Å². The SMILES string of the molecule is Brc1cc2[nH]cnc2c(Br)c1NC1=NCCN1. The summed E-state index contributed by atoms with van der Waals surface area (Å²) in [4.78, 5) is 11.7. The second-order valence-corrected chi connectivity index (χ2v) is 5.28. The second kappa shape index (κ2) is 4.30. The molecular weight excluding hydrogens is 350 g/mol. The Bertz CT molecular complexity index is 604. The number of halogens is 2. The van der Waals surface area contributed by atoms with Crippen molar-refractivity contribution in [2.75, 3.05) is 18.4 Å². The molecule has 88 valence electrons. The molecular formula is C10H9Br2N5. The van der Waals surface area contributed by atoms with E-state index in [9.17, 15) is 0 Å². The molecule has 0 bridgehead atoms. The van der Waals surface area contributed by atoms with Crippen molar-refractivity contribution in [3.8, 4) is 0 Å². The minimum absolute atomic E-state index is 0.793. The number of fused-ring (bicyclic) bond motifs is 1. The Balaban J connectivity index is 2.08. The Kier molecular flexibility index (Phi) is 2.79. The Morgan fingerprint density at radius 2 is 2.24 bits per heavy atom. The minimum Gasteiger partial charge on any atom is -0.354 e. The molecule has 7 heteroatoms. The number of hydrogen-bond donors (Lipinski definition) is 3. The number of benzene rings is 1. The first kappa shape index (κ1) is 11.0. The number of H-pyrrole nitrogens is 1. The molecule has 1 aromatic carbocycles. The van der Waals surface area contributed by atoms with Crippen molar-refractivity contribution in [3.05, 3.63) is 21.3 Å². The summed E-state index contributed by atoms with van der Waals surface area (Å²) in [7, 11) is 0. The molecule has 0 atom stereocenters. The van der Waals surface area contributed by atoms with Crippen LogP contribution < -0.4 is 10.6 Å². The summed E-state index contributed by atoms with van der Waals surface area (Å²) in [6.07, 6.45) is 1.68. The molecule has 5 nitrogen and oxygen atoms in total. The van der Waals surface area contributed by atoms with Crippen molar-refractivity contribution in [2.24, 2.45) is 4.99 Å². The molecule has 0 spiro atoms. The highest BCUT2D eigenvalue weighted by Crippen LogP contribution is 2.36. The van der Waals surface area contributed by atoms with Gasteiger partial charge in [0.15, 0.2) is 5.96 Å². The van der Waals surface area contributed by atoms with Gasteiger partial charge in [-0.25, -0.2) is 4.98 Å². The number of hydrogen-bond acceptors (Lipinski definition) is 4. The number of anilines is 1. The van der Waals surface area contributed by atoms with Crippen LogP contribution in [0.2, 0.25) is 0 Å². The van der Waals surface area contributed by atoms with E-state index < -0.39 is 0 Å². The molecule has 0 saturated carbocycles. The first-order valence-corrected chi connectivity index (χ1v) is 6.71. The molecule has 2 heterocycles. The van der Waals surface area contributed by atoms with Gasteiger partial charge in [-0.15, -0.1) is 0 Å². The summed E-state index contributed by atoms with van der Waals surface area (Å²) in [5, 5.41) is 6.42. The van der Waals surface area contributed by atoms with Crippen LogP contribution in [0.3, 0.4) is 0 Å². The Hall–Kier alpha value is -1.08. The van der Waals surface area contributed by atoms with Crippen molar-refractivity contribution in [3.63, 3.8) is 0 Å². The van der Waals surface area contributed by atoms with Gasteiger partial charge in [-0.05, 0) is 37.9 Å². The lowest BCUT2D eigenvalue weighted by molar-refractivity contribution is 0.959. The number of imidazole rings is 1. The molecule has 0 unspecified atom stereocenters. The van der Waals surface area contributed by atoms with Crippen LogP contribution in [0.4, 0.5) is 5.69 Å². The van der Waals surface area contributed by atoms with Crippen molar-refractivity contribution in [1.82, 2.24) is 15.3 Å². The second-order valence-electron chi connectivity index (χ2n) is 3.63. The normalized spacial score (nSPS) is 14.8. The van der Waals surface area contributed by atoms with Gasteiger partial charge >= 0.3 is 0 Å². The summed E-state index contributed by atoms with van der Waals surface area (Å²) in [5.74, 6) is 0.793. The van der Waals surface area contributed by atoms with Gasteiger partial charge in [0, 0.05) is 11.0 Å². The van der Waals surface area contributed by atoms with Crippen LogP contribution in [-0.2, 0) is 0 Å². The fourth-order valence-electron chi connectivity index (χ4n) is 1.73. The van der Waals surface area contributed by atoms with Gasteiger partial charge in [-0.2, -0.15) is 0 Å². The summed E-state index contributed by atoms with van der Waals surface area (Å²) in [6, 6.07) is 1.99. The molecule has 2 aromatic rings. The summed E-state index contributed by atoms with van der Waals surface area (Å²) < 4.78 is 1.87. The highest BCUT2D eigenvalue weighted by atomic mass is 79.9. The summed E-state index contributed by atoms with van der Waals surface area (Å²) >= 11 is 7.10. The van der Waals surface area contributed by atoms with Crippen molar-refractivity contribution in [1.29, 1.82) is 0 Å². The van der Waals surface area contributed by atoms with E-state index in [0.29, 0.717) is 0 Å². The van der Waals surface area contributed by atoms with Crippen LogP contribution in [0, 0.1) is 0 Å². The van der Waals surface area contributed by atoms with E-state index in [-0.39, 0.29) is 0 Å². The van der Waals surface area contributed by atoms with Crippen LogP contribution in [0.1, 0.15) is 0 Å². The van der Waals surface area contributed by atoms with Crippen LogP contribution in [-0.4, -0.2) is 29.0 Å². The summed E-state index contributed by atoms with van der Waals surface area (Å²) in [5.41, 5.74) is 2.81. The van der Waals surface area contributed by atoms with Crippen LogP contribution in [0.5, 0.6) is 0 Å². The van der Waals surface area contributed by atoms with Crippen LogP contribution >= 0.6 is 31.9 Å². The predicted octanol–water partition coefficient (Wildman–Crippen LogP) is 2.46. The fourth-order valence-corrected chi connectivity index (χ4v) is 3.15. The van der Waals surface area contributed by atoms with Crippen molar-refractivity contribution >= 4 is 54.5 Å². The zero-order valence-corrected chi connectivity index (χ0v) is 11.9. The number of aliphatic imine (C=N–C) groups is 1. The maximum Gasteiger partial charge on any atom is 0.195 e. The smallest absolute Gasteiger partial charge is 0.195 e. The highest BCUT2D eigenvalue weighted by molar-refractivity contribution is 9.11. The molecule has 0 saturated heterocycles. The van der Waals surface area contributed by atoms with Gasteiger partial charge in [-0.1, -0.05) is 0 Å². The minimum atomic E-state index is 0.793. The van der Waals surface area contributed by atoms with Gasteiger partial charge < -0.3 is 15.6 Å². The molecule has 1 aliphatic rings. The van der Waals surface area contributed by atoms with E-state index in [0.717, 1.165) is 44.7 Å². The van der Waals surface area contributed by atoms with Gasteiger partial charge in [0.05, 0.1) is 28.5 Å². The first-order valence-electron chi connectivity index (χ1n) is 5.12. The monoisotopic (exact) mass is 357 g/mol. The number of aromatic amines is 1. The molecule has 0 amide bonds. The topological polar surface area (TPSA) is 65.1 Å². The maximum atomic E-state index is 4.31. The van der Waals surface area contributed by atoms with Crippen LogP contribution in [0.25, 0.3) is 11.0 Å². The van der Waals surface area contributed by atoms with Gasteiger partial charge in [0.25, 0.3) is 0 Å². The third kappa shape index (κ3) is 1.93. The Morgan fingerprint density at radius 3 is 3.00 bits per heavy atom. The fraction of sp³-hybridized carbons (Fsp3) is 0.200. The molecule has 0 aliphatic carbocycles. The third-order valence-corrected chi connectivity index (χ3v) is 3.92. The predicted molar refractivity (Wildman–Crippen MR) is 75.4 cm³/mol.